The highest BCUT2D eigenvalue weighted by Gasteiger charge is 2.59. The normalized spacial score (nSPS) is 24.8. The molecule has 0 aliphatic heterocycles. The zero-order chi connectivity index (χ0) is 14.9. The first-order valence-electron chi connectivity index (χ1n) is 7.89. The van der Waals surface area contributed by atoms with E-state index in [1.54, 1.807) is 0 Å². The van der Waals surface area contributed by atoms with Crippen molar-refractivity contribution in [2.24, 2.45) is 5.41 Å². The topological polar surface area (TPSA) is 64.3 Å². The van der Waals surface area contributed by atoms with Crippen LogP contribution in [-0.4, -0.2) is 24.7 Å². The number of benzene rings is 1. The van der Waals surface area contributed by atoms with Crippen molar-refractivity contribution in [3.8, 4) is 0 Å². The number of carbonyl (C=O) groups excluding carboxylic acids is 1. The van der Waals surface area contributed by atoms with Gasteiger partial charge in [0.05, 0.1) is 12.5 Å². The van der Waals surface area contributed by atoms with Crippen molar-refractivity contribution in [3.05, 3.63) is 29.8 Å². The van der Waals surface area contributed by atoms with Crippen molar-refractivity contribution in [3.63, 3.8) is 0 Å². The maximum atomic E-state index is 12.2. The van der Waals surface area contributed by atoms with Crippen LogP contribution in [-0.2, 0) is 16.0 Å². The summed E-state index contributed by atoms with van der Waals surface area (Å²) < 4.78 is 5.81. The van der Waals surface area contributed by atoms with Gasteiger partial charge in [-0.2, -0.15) is 0 Å². The molecule has 1 amide bonds. The van der Waals surface area contributed by atoms with Crippen molar-refractivity contribution in [1.29, 1.82) is 0 Å². The summed E-state index contributed by atoms with van der Waals surface area (Å²) in [7, 11) is 0. The van der Waals surface area contributed by atoms with Crippen LogP contribution >= 0.6 is 12.4 Å². The summed E-state index contributed by atoms with van der Waals surface area (Å²) in [6, 6.07) is 7.80. The van der Waals surface area contributed by atoms with E-state index in [0.717, 1.165) is 24.3 Å². The van der Waals surface area contributed by atoms with Gasteiger partial charge in [0.1, 0.15) is 0 Å². The lowest BCUT2D eigenvalue weighted by molar-refractivity contribution is -0.175. The molecule has 2 atom stereocenters. The van der Waals surface area contributed by atoms with Crippen LogP contribution in [0.5, 0.6) is 0 Å². The Labute approximate surface area is 138 Å². The number of nitrogen functional groups attached to an aromatic ring is 1. The van der Waals surface area contributed by atoms with Gasteiger partial charge in [0.25, 0.3) is 0 Å². The van der Waals surface area contributed by atoms with E-state index >= 15 is 0 Å². The van der Waals surface area contributed by atoms with E-state index in [-0.39, 0.29) is 23.7 Å². The van der Waals surface area contributed by atoms with E-state index < -0.39 is 0 Å². The molecule has 0 bridgehead atoms. The Balaban J connectivity index is 0.00000176. The van der Waals surface area contributed by atoms with Crippen LogP contribution in [0.3, 0.4) is 0 Å². The largest absolute Gasteiger partial charge is 0.399 e. The molecule has 5 heteroatoms. The second-order valence-electron chi connectivity index (χ2n) is 6.30. The Kier molecular flexibility index (Phi) is 5.35. The van der Waals surface area contributed by atoms with E-state index in [9.17, 15) is 4.79 Å². The molecular formula is C17H25ClN2O2. The number of rotatable bonds is 5. The van der Waals surface area contributed by atoms with Crippen LogP contribution in [0.25, 0.3) is 0 Å². The van der Waals surface area contributed by atoms with Crippen molar-refractivity contribution >= 4 is 24.0 Å². The van der Waals surface area contributed by atoms with Gasteiger partial charge in [-0.3, -0.25) is 4.79 Å². The van der Waals surface area contributed by atoms with Gasteiger partial charge in [0, 0.05) is 23.8 Å². The molecule has 0 aromatic heterocycles. The van der Waals surface area contributed by atoms with Gasteiger partial charge in [-0.05, 0) is 43.9 Å². The summed E-state index contributed by atoms with van der Waals surface area (Å²) in [6.45, 7) is 2.80. The van der Waals surface area contributed by atoms with Crippen LogP contribution in [0.2, 0.25) is 0 Å². The highest BCUT2D eigenvalue weighted by atomic mass is 35.5. The number of ether oxygens (including phenoxy) is 1. The summed E-state index contributed by atoms with van der Waals surface area (Å²) in [5.41, 5.74) is 7.62. The molecule has 3 rings (SSSR count). The third kappa shape index (κ3) is 3.08. The molecule has 2 aliphatic carbocycles. The Bertz CT molecular complexity index is 514. The lowest BCUT2D eigenvalue weighted by Crippen LogP contribution is -2.67. The first-order valence-corrected chi connectivity index (χ1v) is 7.89. The number of nitrogens with two attached hydrogens (primary N) is 1. The number of amides is 1. The van der Waals surface area contributed by atoms with Gasteiger partial charge < -0.3 is 15.8 Å². The second kappa shape index (κ2) is 6.88. The fourth-order valence-electron chi connectivity index (χ4n) is 3.71. The monoisotopic (exact) mass is 324 g/mol. The molecule has 1 aromatic rings. The maximum absolute atomic E-state index is 12.2. The molecule has 4 nitrogen and oxygen atoms in total. The number of halogens is 1. The molecule has 2 aliphatic rings. The fourth-order valence-corrected chi connectivity index (χ4v) is 3.71. The fraction of sp³-hybridized carbons (Fsp3) is 0.588. The lowest BCUT2D eigenvalue weighted by Gasteiger charge is -2.61. The number of carbonyl (C=O) groups is 1. The third-order valence-corrected chi connectivity index (χ3v) is 5.12. The minimum absolute atomic E-state index is 0. The molecule has 122 valence electrons. The van der Waals surface area contributed by atoms with Gasteiger partial charge in [-0.25, -0.2) is 0 Å². The quantitative estimate of drug-likeness (QED) is 0.818. The van der Waals surface area contributed by atoms with Crippen molar-refractivity contribution in [2.75, 3.05) is 12.3 Å². The van der Waals surface area contributed by atoms with Crippen LogP contribution in [0.4, 0.5) is 5.69 Å². The van der Waals surface area contributed by atoms with Crippen LogP contribution in [0.1, 0.15) is 38.2 Å². The molecule has 0 saturated heterocycles. The van der Waals surface area contributed by atoms with Crippen molar-refractivity contribution < 1.29 is 9.53 Å². The predicted octanol–water partition coefficient (Wildman–Crippen LogP) is 2.70. The van der Waals surface area contributed by atoms with Gasteiger partial charge in [-0.15, -0.1) is 12.4 Å². The Morgan fingerprint density at radius 2 is 2.05 bits per heavy atom. The lowest BCUT2D eigenvalue weighted by atomic mass is 9.51. The van der Waals surface area contributed by atoms with Crippen LogP contribution in [0.15, 0.2) is 24.3 Å². The molecule has 2 unspecified atom stereocenters. The number of hydrogen-bond donors (Lipinski definition) is 2. The zero-order valence-corrected chi connectivity index (χ0v) is 13.8. The Hall–Kier alpha value is -1.26. The minimum atomic E-state index is 0. The summed E-state index contributed by atoms with van der Waals surface area (Å²) in [6.07, 6.45) is 5.36. The number of hydrogen-bond acceptors (Lipinski definition) is 3. The Morgan fingerprint density at radius 1 is 1.36 bits per heavy atom. The predicted molar refractivity (Wildman–Crippen MR) is 90.1 cm³/mol. The van der Waals surface area contributed by atoms with Crippen molar-refractivity contribution in [2.45, 2.75) is 51.2 Å². The molecule has 0 radical (unpaired) electrons. The molecule has 3 N–H and O–H groups in total. The van der Waals surface area contributed by atoms with E-state index in [2.05, 4.69) is 5.32 Å². The molecule has 2 saturated carbocycles. The minimum Gasteiger partial charge on any atom is -0.399 e. The van der Waals surface area contributed by atoms with Gasteiger partial charge in [0.2, 0.25) is 5.91 Å². The van der Waals surface area contributed by atoms with Gasteiger partial charge in [-0.1, -0.05) is 18.6 Å². The summed E-state index contributed by atoms with van der Waals surface area (Å²) in [5, 5.41) is 3.21. The summed E-state index contributed by atoms with van der Waals surface area (Å²) in [5.74, 6) is 0.103. The Morgan fingerprint density at radius 3 is 2.59 bits per heavy atom. The summed E-state index contributed by atoms with van der Waals surface area (Å²) in [4.78, 5) is 12.2. The molecule has 2 fully saturated rings. The molecular weight excluding hydrogens is 300 g/mol. The average Bonchev–Trinajstić information content (AvgIpc) is 2.38. The van der Waals surface area contributed by atoms with Crippen molar-refractivity contribution in [1.82, 2.24) is 5.32 Å². The second-order valence-corrected chi connectivity index (χ2v) is 6.30. The van der Waals surface area contributed by atoms with E-state index in [0.29, 0.717) is 18.6 Å². The molecule has 22 heavy (non-hydrogen) atoms. The van der Waals surface area contributed by atoms with Crippen LogP contribution < -0.4 is 11.1 Å². The van der Waals surface area contributed by atoms with E-state index in [1.165, 1.54) is 19.3 Å². The van der Waals surface area contributed by atoms with E-state index in [1.807, 2.05) is 31.2 Å². The SMILES string of the molecule is CCOC1CC(NC(=O)Cc2ccc(N)cc2)C12CCC2.Cl. The first-order chi connectivity index (χ1) is 10.1. The molecule has 1 spiro atoms. The average molecular weight is 325 g/mol. The molecule has 1 aromatic carbocycles. The van der Waals surface area contributed by atoms with Gasteiger partial charge >= 0.3 is 0 Å². The smallest absolute Gasteiger partial charge is 0.224 e. The summed E-state index contributed by atoms with van der Waals surface area (Å²) >= 11 is 0. The van der Waals surface area contributed by atoms with Gasteiger partial charge in [0.15, 0.2) is 0 Å². The number of nitrogens with one attached hydrogen (secondary N) is 1. The highest BCUT2D eigenvalue weighted by molar-refractivity contribution is 5.85. The highest BCUT2D eigenvalue weighted by Crippen LogP contribution is 2.57. The third-order valence-electron chi connectivity index (χ3n) is 5.12. The standard InChI is InChI=1S/C17H24N2O2.ClH/c1-2-21-15-11-14(17(15)8-3-9-17)19-16(20)10-12-4-6-13(18)7-5-12;/h4-7,14-15H,2-3,8-11,18H2,1H3,(H,19,20);1H. The van der Waals surface area contributed by atoms with E-state index in [4.69, 9.17) is 10.5 Å². The zero-order valence-electron chi connectivity index (χ0n) is 13.0. The van der Waals surface area contributed by atoms with Crippen LogP contribution in [0, 0.1) is 5.41 Å². The number of anilines is 1. The molecule has 0 heterocycles. The maximum Gasteiger partial charge on any atom is 0.224 e. The first kappa shape index (κ1) is 17.1.